The third kappa shape index (κ3) is 2.70. The Labute approximate surface area is 113 Å². The van der Waals surface area contributed by atoms with E-state index >= 15 is 0 Å². The van der Waals surface area contributed by atoms with Crippen molar-refractivity contribution in [2.75, 3.05) is 0 Å². The number of hydrogen-bond donors (Lipinski definition) is 0. The molecule has 2 aromatic rings. The van der Waals surface area contributed by atoms with Gasteiger partial charge in [-0.2, -0.15) is 0 Å². The Morgan fingerprint density at radius 1 is 0.684 bits per heavy atom. The predicted octanol–water partition coefficient (Wildman–Crippen LogP) is 4.44. The summed E-state index contributed by atoms with van der Waals surface area (Å²) >= 11 is 0. The summed E-state index contributed by atoms with van der Waals surface area (Å²) in [6.07, 6.45) is 0.936. The molecule has 2 heteroatoms. The molecule has 1 aliphatic rings. The van der Waals surface area contributed by atoms with Crippen LogP contribution in [0.3, 0.4) is 0 Å². The topological polar surface area (TPSA) is 18.5 Å². The Kier molecular flexibility index (Phi) is 3.36. The molecule has 1 aliphatic heterocycles. The minimum Gasteiger partial charge on any atom is -0.228 e. The van der Waals surface area contributed by atoms with Crippen LogP contribution in [0.1, 0.15) is 40.9 Å². The molecule has 0 saturated carbocycles. The van der Waals surface area contributed by atoms with E-state index in [0.29, 0.717) is 0 Å². The molecule has 1 heterocycles. The van der Waals surface area contributed by atoms with Gasteiger partial charge >= 0.3 is 0 Å². The smallest absolute Gasteiger partial charge is 0.121 e. The van der Waals surface area contributed by atoms with E-state index in [1.165, 1.54) is 22.3 Å². The Balaban J connectivity index is 1.73. The average molecular weight is 254 g/mol. The van der Waals surface area contributed by atoms with E-state index in [1.807, 2.05) is 0 Å². The second-order valence-corrected chi connectivity index (χ2v) is 5.23. The molecule has 2 aromatic carbocycles. The summed E-state index contributed by atoms with van der Waals surface area (Å²) < 4.78 is 0. The third-order valence-electron chi connectivity index (χ3n) is 3.61. The fourth-order valence-corrected chi connectivity index (χ4v) is 2.35. The minimum absolute atomic E-state index is 0.0342. The van der Waals surface area contributed by atoms with E-state index in [2.05, 4.69) is 62.4 Å². The molecule has 0 aliphatic carbocycles. The zero-order valence-electron chi connectivity index (χ0n) is 11.3. The van der Waals surface area contributed by atoms with E-state index in [9.17, 15) is 0 Å². The molecule has 2 atom stereocenters. The molecule has 0 amide bonds. The molecule has 0 N–H and O–H groups in total. The van der Waals surface area contributed by atoms with Gasteiger partial charge in [0.2, 0.25) is 0 Å². The Morgan fingerprint density at radius 2 is 1.05 bits per heavy atom. The number of hydrogen-bond acceptors (Lipinski definition) is 2. The van der Waals surface area contributed by atoms with Crippen LogP contribution in [0.2, 0.25) is 0 Å². The maximum absolute atomic E-state index is 5.48. The minimum atomic E-state index is 0.0342. The van der Waals surface area contributed by atoms with Gasteiger partial charge < -0.3 is 0 Å². The summed E-state index contributed by atoms with van der Waals surface area (Å²) in [6, 6.07) is 16.9. The van der Waals surface area contributed by atoms with E-state index in [-0.39, 0.29) is 12.2 Å². The lowest BCUT2D eigenvalue weighted by molar-refractivity contribution is -0.300. The first-order valence-electron chi connectivity index (χ1n) is 6.67. The molecule has 0 aromatic heterocycles. The number of aryl methyl sites for hydroxylation is 2. The Bertz CT molecular complexity index is 491. The van der Waals surface area contributed by atoms with Crippen LogP contribution in [0.15, 0.2) is 48.5 Å². The maximum atomic E-state index is 5.48. The third-order valence-corrected chi connectivity index (χ3v) is 3.61. The average Bonchev–Trinajstić information content (AvgIpc) is 2.90. The molecule has 19 heavy (non-hydrogen) atoms. The van der Waals surface area contributed by atoms with Crippen molar-refractivity contribution in [2.45, 2.75) is 32.5 Å². The van der Waals surface area contributed by atoms with Gasteiger partial charge in [0.15, 0.2) is 0 Å². The van der Waals surface area contributed by atoms with Gasteiger partial charge in [0.05, 0.1) is 0 Å². The zero-order chi connectivity index (χ0) is 13.2. The maximum Gasteiger partial charge on any atom is 0.121 e. The second-order valence-electron chi connectivity index (χ2n) is 5.23. The van der Waals surface area contributed by atoms with Crippen LogP contribution in [-0.2, 0) is 9.78 Å². The number of rotatable bonds is 2. The van der Waals surface area contributed by atoms with Crippen molar-refractivity contribution in [1.82, 2.24) is 0 Å². The van der Waals surface area contributed by atoms with Crippen LogP contribution in [-0.4, -0.2) is 0 Å². The van der Waals surface area contributed by atoms with Gasteiger partial charge in [-0.15, -0.1) is 0 Å². The lowest BCUT2D eigenvalue weighted by Crippen LogP contribution is -1.96. The highest BCUT2D eigenvalue weighted by Crippen LogP contribution is 2.39. The SMILES string of the molecule is Cc1ccc([C@H]2C[C@H](c3ccc(C)cc3)OO2)cc1. The van der Waals surface area contributed by atoms with Crippen molar-refractivity contribution in [1.29, 1.82) is 0 Å². The normalized spacial score (nSPS) is 22.6. The van der Waals surface area contributed by atoms with Crippen molar-refractivity contribution >= 4 is 0 Å². The van der Waals surface area contributed by atoms with Crippen LogP contribution < -0.4 is 0 Å². The van der Waals surface area contributed by atoms with E-state index < -0.39 is 0 Å². The lowest BCUT2D eigenvalue weighted by atomic mass is 9.98. The first-order chi connectivity index (χ1) is 9.22. The highest BCUT2D eigenvalue weighted by atomic mass is 17.2. The first-order valence-corrected chi connectivity index (χ1v) is 6.67. The first kappa shape index (κ1) is 12.4. The van der Waals surface area contributed by atoms with Crippen LogP contribution in [0.5, 0.6) is 0 Å². The molecule has 0 radical (unpaired) electrons. The van der Waals surface area contributed by atoms with Gasteiger partial charge in [-0.05, 0) is 25.0 Å². The van der Waals surface area contributed by atoms with Crippen molar-refractivity contribution < 1.29 is 9.78 Å². The summed E-state index contributed by atoms with van der Waals surface area (Å²) in [7, 11) is 0. The lowest BCUT2D eigenvalue weighted by Gasteiger charge is -2.07. The van der Waals surface area contributed by atoms with Gasteiger partial charge in [-0.25, -0.2) is 9.78 Å². The summed E-state index contributed by atoms with van der Waals surface area (Å²) in [5.74, 6) is 0. The van der Waals surface area contributed by atoms with Gasteiger partial charge in [0.1, 0.15) is 12.2 Å². The monoisotopic (exact) mass is 254 g/mol. The van der Waals surface area contributed by atoms with Crippen molar-refractivity contribution in [3.05, 3.63) is 70.8 Å². The quantitative estimate of drug-likeness (QED) is 0.738. The summed E-state index contributed by atoms with van der Waals surface area (Å²) in [6.45, 7) is 4.18. The molecule has 1 saturated heterocycles. The molecule has 0 unspecified atom stereocenters. The van der Waals surface area contributed by atoms with Gasteiger partial charge in [0.25, 0.3) is 0 Å². The molecule has 1 fully saturated rings. The Hall–Kier alpha value is -1.64. The molecular weight excluding hydrogens is 236 g/mol. The summed E-state index contributed by atoms with van der Waals surface area (Å²) in [5, 5.41) is 0. The molecule has 2 nitrogen and oxygen atoms in total. The van der Waals surface area contributed by atoms with Gasteiger partial charge in [0, 0.05) is 6.42 Å². The second kappa shape index (κ2) is 5.16. The van der Waals surface area contributed by atoms with E-state index in [0.717, 1.165) is 6.42 Å². The van der Waals surface area contributed by atoms with Gasteiger partial charge in [-0.3, -0.25) is 0 Å². The molecule has 98 valence electrons. The molecule has 0 spiro atoms. The van der Waals surface area contributed by atoms with Crippen LogP contribution in [0, 0.1) is 13.8 Å². The molecule has 3 rings (SSSR count). The number of benzene rings is 2. The summed E-state index contributed by atoms with van der Waals surface area (Å²) in [4.78, 5) is 11.0. The van der Waals surface area contributed by atoms with E-state index in [1.54, 1.807) is 0 Å². The largest absolute Gasteiger partial charge is 0.228 e. The predicted molar refractivity (Wildman–Crippen MR) is 74.6 cm³/mol. The van der Waals surface area contributed by atoms with Crippen molar-refractivity contribution in [2.24, 2.45) is 0 Å². The van der Waals surface area contributed by atoms with Crippen LogP contribution >= 0.6 is 0 Å². The highest BCUT2D eigenvalue weighted by molar-refractivity contribution is 5.26. The molecular formula is C17H18O2. The van der Waals surface area contributed by atoms with E-state index in [4.69, 9.17) is 9.78 Å². The Morgan fingerprint density at radius 3 is 1.42 bits per heavy atom. The fraction of sp³-hybridized carbons (Fsp3) is 0.294. The van der Waals surface area contributed by atoms with Crippen molar-refractivity contribution in [3.8, 4) is 0 Å². The van der Waals surface area contributed by atoms with Crippen LogP contribution in [0.4, 0.5) is 0 Å². The zero-order valence-corrected chi connectivity index (χ0v) is 11.3. The standard InChI is InChI=1S/C17H18O2/c1-12-3-7-14(8-4-12)16-11-17(19-18-16)15-9-5-13(2)6-10-15/h3-10,16-17H,11H2,1-2H3/t16-,17-/m1/s1. The van der Waals surface area contributed by atoms with Gasteiger partial charge in [-0.1, -0.05) is 59.7 Å². The molecule has 0 bridgehead atoms. The fourth-order valence-electron chi connectivity index (χ4n) is 2.35. The van der Waals surface area contributed by atoms with Crippen LogP contribution in [0.25, 0.3) is 0 Å². The summed E-state index contributed by atoms with van der Waals surface area (Å²) in [5.41, 5.74) is 4.89. The highest BCUT2D eigenvalue weighted by Gasteiger charge is 2.29. The van der Waals surface area contributed by atoms with Crippen molar-refractivity contribution in [3.63, 3.8) is 0 Å².